The molecule has 0 saturated carbocycles. The van der Waals surface area contributed by atoms with Crippen molar-refractivity contribution in [2.24, 2.45) is 0 Å². The van der Waals surface area contributed by atoms with Gasteiger partial charge in [0.15, 0.2) is 4.98 Å². The molecule has 1 rings (SSSR count). The average molecular weight is 207 g/mol. The molecule has 0 spiro atoms. The summed E-state index contributed by atoms with van der Waals surface area (Å²) in [6.07, 6.45) is 0.0693. The summed E-state index contributed by atoms with van der Waals surface area (Å²) in [6, 6.07) is 4.88. The topological polar surface area (TPSA) is 63.7 Å². The number of carbonyl (C=O) groups is 1. The van der Waals surface area contributed by atoms with Gasteiger partial charge in [-0.15, -0.1) is 0 Å². The van der Waals surface area contributed by atoms with Crippen LogP contribution in [0.1, 0.15) is 5.56 Å². The van der Waals surface area contributed by atoms with E-state index in [1.165, 1.54) is 20.3 Å². The Morgan fingerprint density at radius 2 is 2.20 bits per heavy atom. The Morgan fingerprint density at radius 1 is 1.47 bits per heavy atom. The molecule has 0 unspecified atom stereocenters. The van der Waals surface area contributed by atoms with Crippen molar-refractivity contribution < 1.29 is 14.3 Å². The molecule has 0 aliphatic rings. The first-order chi connectivity index (χ1) is 7.21. The van der Waals surface area contributed by atoms with E-state index in [9.17, 15) is 4.79 Å². The van der Waals surface area contributed by atoms with Crippen LogP contribution in [-0.2, 0) is 16.0 Å². The summed E-state index contributed by atoms with van der Waals surface area (Å²) in [5, 5.41) is 8.74. The number of rotatable bonds is 3. The molecule has 5 heteroatoms. The third kappa shape index (κ3) is 2.68. The van der Waals surface area contributed by atoms with Crippen molar-refractivity contribution in [3.63, 3.8) is 0 Å². The molecule has 0 heterocycles. The Labute approximate surface area is 87.2 Å². The molecular weight excluding hydrogens is 196 g/mol. The number of methoxy groups -OCH3 is 2. The minimum atomic E-state index is -0.384. The highest BCUT2D eigenvalue weighted by Gasteiger charge is 2.17. The number of benzene rings is 1. The molecule has 0 aliphatic carbocycles. The van der Waals surface area contributed by atoms with Gasteiger partial charge in [0.25, 0.3) is 0 Å². The third-order valence-electron chi connectivity index (χ3n) is 1.96. The number of carbonyl (C=O) groups excluding carboxylic acids is 1. The highest BCUT2D eigenvalue weighted by molar-refractivity contribution is 5.75. The molecule has 0 N–H and O–H groups in total. The second kappa shape index (κ2) is 4.96. The number of ether oxygens (including phenoxy) is 2. The molecule has 1 aromatic rings. The van der Waals surface area contributed by atoms with E-state index in [2.05, 4.69) is 9.71 Å². The lowest BCUT2D eigenvalue weighted by Crippen LogP contribution is -2.04. The Balaban J connectivity index is 2.99. The van der Waals surface area contributed by atoms with Gasteiger partial charge >= 0.3 is 11.7 Å². The van der Waals surface area contributed by atoms with Crippen molar-refractivity contribution in [2.75, 3.05) is 14.2 Å². The summed E-state index contributed by atoms with van der Waals surface area (Å²) in [5.41, 5.74) is 0.893. The van der Waals surface area contributed by atoms with Crippen LogP contribution >= 0.6 is 0 Å². The van der Waals surface area contributed by atoms with Gasteiger partial charge in [-0.2, -0.15) is 0 Å². The lowest BCUT2D eigenvalue weighted by atomic mass is 10.1. The highest BCUT2D eigenvalue weighted by Crippen LogP contribution is 2.25. The molecular formula is C10H11N2O3+. The van der Waals surface area contributed by atoms with Gasteiger partial charge in [0.1, 0.15) is 5.75 Å². The van der Waals surface area contributed by atoms with Crippen LogP contribution in [0.5, 0.6) is 5.75 Å². The zero-order chi connectivity index (χ0) is 11.3. The summed E-state index contributed by atoms with van der Waals surface area (Å²) >= 11 is 0. The molecule has 0 radical (unpaired) electrons. The van der Waals surface area contributed by atoms with E-state index in [1.807, 2.05) is 0 Å². The van der Waals surface area contributed by atoms with Crippen molar-refractivity contribution >= 4 is 11.7 Å². The predicted octanol–water partition coefficient (Wildman–Crippen LogP) is 1.90. The molecule has 0 atom stereocenters. The summed E-state index contributed by atoms with van der Waals surface area (Å²) < 4.78 is 9.47. The SMILES string of the molecule is COC(=O)Cc1ccc(OC)cc1[N+]#N. The van der Waals surface area contributed by atoms with E-state index in [4.69, 9.17) is 10.1 Å². The van der Waals surface area contributed by atoms with E-state index in [0.29, 0.717) is 17.0 Å². The molecule has 0 fully saturated rings. The van der Waals surface area contributed by atoms with Gasteiger partial charge in [0, 0.05) is 0 Å². The van der Waals surface area contributed by atoms with Crippen LogP contribution in [0, 0.1) is 5.39 Å². The van der Waals surface area contributed by atoms with Crippen molar-refractivity contribution in [3.05, 3.63) is 28.7 Å². The molecule has 0 saturated heterocycles. The van der Waals surface area contributed by atoms with Crippen molar-refractivity contribution in [1.82, 2.24) is 0 Å². The highest BCUT2D eigenvalue weighted by atomic mass is 16.5. The monoisotopic (exact) mass is 207 g/mol. The summed E-state index contributed by atoms with van der Waals surface area (Å²) in [6.45, 7) is 0. The Morgan fingerprint density at radius 3 is 2.73 bits per heavy atom. The molecule has 1 aromatic carbocycles. The van der Waals surface area contributed by atoms with Crippen molar-refractivity contribution in [3.8, 4) is 5.75 Å². The molecule has 0 aromatic heterocycles. The average Bonchev–Trinajstić information content (AvgIpc) is 2.29. The third-order valence-corrected chi connectivity index (χ3v) is 1.96. The number of nitrogens with zero attached hydrogens (tertiary/aromatic N) is 2. The standard InChI is InChI=1S/C10H11N2O3/c1-14-8-4-3-7(5-10(13)15-2)9(6-8)12-11/h3-4,6H,5H2,1-2H3/q+1. The van der Waals surface area contributed by atoms with Crippen LogP contribution < -0.4 is 4.74 Å². The van der Waals surface area contributed by atoms with E-state index in [-0.39, 0.29) is 12.4 Å². The fourth-order valence-corrected chi connectivity index (χ4v) is 1.14. The van der Waals surface area contributed by atoms with Gasteiger partial charge in [-0.3, -0.25) is 4.79 Å². The summed E-state index contributed by atoms with van der Waals surface area (Å²) in [5.74, 6) is 0.182. The molecule has 0 bridgehead atoms. The van der Waals surface area contributed by atoms with Gasteiger partial charge in [-0.05, 0) is 12.1 Å². The molecule has 78 valence electrons. The van der Waals surface area contributed by atoms with Crippen LogP contribution in [-0.4, -0.2) is 20.2 Å². The van der Waals surface area contributed by atoms with Gasteiger partial charge in [-0.1, -0.05) is 0 Å². The molecule has 15 heavy (non-hydrogen) atoms. The summed E-state index contributed by atoms with van der Waals surface area (Å²) in [4.78, 5) is 14.1. The largest absolute Gasteiger partial charge is 0.496 e. The zero-order valence-corrected chi connectivity index (χ0v) is 8.56. The zero-order valence-electron chi connectivity index (χ0n) is 8.56. The molecule has 0 aliphatic heterocycles. The van der Waals surface area contributed by atoms with Crippen molar-refractivity contribution in [1.29, 1.82) is 5.39 Å². The van der Waals surface area contributed by atoms with Gasteiger partial charge in [0.2, 0.25) is 5.39 Å². The fraction of sp³-hybridized carbons (Fsp3) is 0.300. The van der Waals surface area contributed by atoms with Gasteiger partial charge in [-0.25, -0.2) is 0 Å². The molecule has 0 amide bonds. The lowest BCUT2D eigenvalue weighted by Gasteiger charge is -1.99. The Hall–Kier alpha value is -2.09. The van der Waals surface area contributed by atoms with Crippen LogP contribution in [0.4, 0.5) is 5.69 Å². The van der Waals surface area contributed by atoms with Crippen molar-refractivity contribution in [2.45, 2.75) is 6.42 Å². The Bertz CT molecular complexity index is 410. The van der Waals surface area contributed by atoms with E-state index in [0.717, 1.165) is 0 Å². The normalized spacial score (nSPS) is 9.13. The maximum absolute atomic E-state index is 11.0. The van der Waals surface area contributed by atoms with E-state index < -0.39 is 0 Å². The quantitative estimate of drug-likeness (QED) is 0.560. The minimum absolute atomic E-state index is 0.0693. The van der Waals surface area contributed by atoms with Gasteiger partial charge < -0.3 is 9.47 Å². The Kier molecular flexibility index (Phi) is 3.63. The smallest absolute Gasteiger partial charge is 0.392 e. The van der Waals surface area contributed by atoms with Crippen LogP contribution in [0.3, 0.4) is 0 Å². The molecule has 5 nitrogen and oxygen atoms in total. The van der Waals surface area contributed by atoms with Crippen LogP contribution in [0.25, 0.3) is 4.98 Å². The number of esters is 1. The number of hydrogen-bond donors (Lipinski definition) is 0. The predicted molar refractivity (Wildman–Crippen MR) is 53.5 cm³/mol. The lowest BCUT2D eigenvalue weighted by molar-refractivity contribution is -0.139. The summed E-state index contributed by atoms with van der Waals surface area (Å²) in [7, 11) is 2.82. The first-order valence-electron chi connectivity index (χ1n) is 4.30. The first-order valence-corrected chi connectivity index (χ1v) is 4.30. The maximum atomic E-state index is 11.0. The van der Waals surface area contributed by atoms with E-state index >= 15 is 0 Å². The fourth-order valence-electron chi connectivity index (χ4n) is 1.14. The number of hydrogen-bond acceptors (Lipinski definition) is 4. The first kappa shape index (κ1) is 11.0. The van der Waals surface area contributed by atoms with Crippen LogP contribution in [0.2, 0.25) is 0 Å². The van der Waals surface area contributed by atoms with Gasteiger partial charge in [0.05, 0.1) is 32.3 Å². The van der Waals surface area contributed by atoms with Crippen LogP contribution in [0.15, 0.2) is 18.2 Å². The maximum Gasteiger partial charge on any atom is 0.392 e. The van der Waals surface area contributed by atoms with E-state index in [1.54, 1.807) is 12.1 Å². The number of diazo groups is 1. The minimum Gasteiger partial charge on any atom is -0.496 e. The second-order valence-corrected chi connectivity index (χ2v) is 2.85. The second-order valence-electron chi connectivity index (χ2n) is 2.85.